The standard InChI is InChI=1S/C12H17ClN2/c13-11-4-1-3-10(9-11)12(6-7-14)5-2-8-15-12/h1,3-4,9,15H,2,5-8,14H2. The summed E-state index contributed by atoms with van der Waals surface area (Å²) in [6, 6.07) is 8.11. The average molecular weight is 225 g/mol. The highest BCUT2D eigenvalue weighted by molar-refractivity contribution is 6.30. The summed E-state index contributed by atoms with van der Waals surface area (Å²) in [7, 11) is 0. The predicted molar refractivity (Wildman–Crippen MR) is 64.0 cm³/mol. The lowest BCUT2D eigenvalue weighted by atomic mass is 9.85. The summed E-state index contributed by atoms with van der Waals surface area (Å²) in [6.45, 7) is 1.78. The molecule has 3 N–H and O–H groups in total. The SMILES string of the molecule is NCCC1(c2cccc(Cl)c2)CCCN1. The number of hydrogen-bond acceptors (Lipinski definition) is 2. The molecule has 0 aliphatic carbocycles. The van der Waals surface area contributed by atoms with Crippen molar-refractivity contribution in [3.05, 3.63) is 34.9 Å². The van der Waals surface area contributed by atoms with Crippen LogP contribution in [0.2, 0.25) is 5.02 Å². The van der Waals surface area contributed by atoms with Gasteiger partial charge in [-0.05, 0) is 50.0 Å². The fourth-order valence-electron chi connectivity index (χ4n) is 2.44. The Kier molecular flexibility index (Phi) is 3.29. The molecule has 1 unspecified atom stereocenters. The zero-order chi connectivity index (χ0) is 10.7. The Hall–Kier alpha value is -0.570. The van der Waals surface area contributed by atoms with Gasteiger partial charge in [-0.25, -0.2) is 0 Å². The third-order valence-electron chi connectivity index (χ3n) is 3.19. The van der Waals surface area contributed by atoms with Crippen molar-refractivity contribution in [2.24, 2.45) is 5.73 Å². The molecule has 0 radical (unpaired) electrons. The van der Waals surface area contributed by atoms with Crippen LogP contribution in [0, 0.1) is 0 Å². The Bertz CT molecular complexity index is 332. The van der Waals surface area contributed by atoms with Gasteiger partial charge >= 0.3 is 0 Å². The van der Waals surface area contributed by atoms with Crippen molar-refractivity contribution in [2.45, 2.75) is 24.8 Å². The molecule has 1 aromatic rings. The maximum atomic E-state index is 6.03. The summed E-state index contributed by atoms with van der Waals surface area (Å²) in [5.74, 6) is 0. The van der Waals surface area contributed by atoms with E-state index in [1.807, 2.05) is 12.1 Å². The van der Waals surface area contributed by atoms with Crippen LogP contribution < -0.4 is 11.1 Å². The molecule has 1 saturated heterocycles. The van der Waals surface area contributed by atoms with Crippen LogP contribution in [0.1, 0.15) is 24.8 Å². The smallest absolute Gasteiger partial charge is 0.0447 e. The van der Waals surface area contributed by atoms with Gasteiger partial charge in [0.2, 0.25) is 0 Å². The molecule has 0 aromatic heterocycles. The highest BCUT2D eigenvalue weighted by Gasteiger charge is 2.34. The minimum absolute atomic E-state index is 0.0691. The summed E-state index contributed by atoms with van der Waals surface area (Å²) in [6.07, 6.45) is 3.35. The lowest BCUT2D eigenvalue weighted by molar-refractivity contribution is 0.365. The van der Waals surface area contributed by atoms with E-state index in [4.69, 9.17) is 17.3 Å². The lowest BCUT2D eigenvalue weighted by Crippen LogP contribution is -2.38. The van der Waals surface area contributed by atoms with E-state index < -0.39 is 0 Å². The third-order valence-corrected chi connectivity index (χ3v) is 3.43. The third kappa shape index (κ3) is 2.17. The maximum Gasteiger partial charge on any atom is 0.0447 e. The molecule has 2 rings (SSSR count). The van der Waals surface area contributed by atoms with Crippen LogP contribution in [0.15, 0.2) is 24.3 Å². The van der Waals surface area contributed by atoms with E-state index in [1.54, 1.807) is 0 Å². The summed E-state index contributed by atoms with van der Waals surface area (Å²) < 4.78 is 0. The van der Waals surface area contributed by atoms with Gasteiger partial charge in [-0.1, -0.05) is 23.7 Å². The first-order valence-electron chi connectivity index (χ1n) is 5.48. The summed E-state index contributed by atoms with van der Waals surface area (Å²) >= 11 is 6.03. The summed E-state index contributed by atoms with van der Waals surface area (Å²) in [5, 5.41) is 4.38. The van der Waals surface area contributed by atoms with E-state index in [-0.39, 0.29) is 5.54 Å². The van der Waals surface area contributed by atoms with Crippen LogP contribution >= 0.6 is 11.6 Å². The fraction of sp³-hybridized carbons (Fsp3) is 0.500. The second-order valence-corrected chi connectivity index (χ2v) is 4.60. The number of nitrogens with one attached hydrogen (secondary N) is 1. The van der Waals surface area contributed by atoms with Crippen molar-refractivity contribution in [3.8, 4) is 0 Å². The number of nitrogens with two attached hydrogens (primary N) is 1. The highest BCUT2D eigenvalue weighted by atomic mass is 35.5. The Balaban J connectivity index is 2.31. The zero-order valence-electron chi connectivity index (χ0n) is 8.80. The van der Waals surface area contributed by atoms with Crippen molar-refractivity contribution in [1.29, 1.82) is 0 Å². The van der Waals surface area contributed by atoms with Crippen molar-refractivity contribution >= 4 is 11.6 Å². The lowest BCUT2D eigenvalue weighted by Gasteiger charge is -2.30. The minimum Gasteiger partial charge on any atom is -0.330 e. The van der Waals surface area contributed by atoms with Gasteiger partial charge in [0.15, 0.2) is 0 Å². The van der Waals surface area contributed by atoms with Crippen molar-refractivity contribution in [3.63, 3.8) is 0 Å². The van der Waals surface area contributed by atoms with Crippen LogP contribution in [-0.4, -0.2) is 13.1 Å². The van der Waals surface area contributed by atoms with Gasteiger partial charge in [-0.2, -0.15) is 0 Å². The molecule has 1 aliphatic heterocycles. The monoisotopic (exact) mass is 224 g/mol. The molecule has 0 saturated carbocycles. The highest BCUT2D eigenvalue weighted by Crippen LogP contribution is 2.34. The Labute approximate surface area is 95.8 Å². The van der Waals surface area contributed by atoms with Crippen molar-refractivity contribution in [2.75, 3.05) is 13.1 Å². The molecule has 1 fully saturated rings. The topological polar surface area (TPSA) is 38.0 Å². The van der Waals surface area contributed by atoms with E-state index >= 15 is 0 Å². The van der Waals surface area contributed by atoms with E-state index in [0.29, 0.717) is 6.54 Å². The predicted octanol–water partition coefficient (Wildman–Crippen LogP) is 2.27. The average Bonchev–Trinajstić information content (AvgIpc) is 2.68. The Morgan fingerprint density at radius 3 is 2.93 bits per heavy atom. The first-order chi connectivity index (χ1) is 7.27. The minimum atomic E-state index is 0.0691. The molecule has 1 aromatic carbocycles. The molecule has 2 nitrogen and oxygen atoms in total. The normalized spacial score (nSPS) is 25.7. The van der Waals surface area contributed by atoms with E-state index in [1.165, 1.54) is 12.0 Å². The Morgan fingerprint density at radius 1 is 1.47 bits per heavy atom. The number of rotatable bonds is 3. The van der Waals surface area contributed by atoms with Crippen molar-refractivity contribution < 1.29 is 0 Å². The maximum absolute atomic E-state index is 6.03. The van der Waals surface area contributed by atoms with Gasteiger partial charge in [0, 0.05) is 10.6 Å². The van der Waals surface area contributed by atoms with Crippen LogP contribution in [0.25, 0.3) is 0 Å². The van der Waals surface area contributed by atoms with Gasteiger partial charge < -0.3 is 11.1 Å². The van der Waals surface area contributed by atoms with E-state index in [0.717, 1.165) is 24.4 Å². The van der Waals surface area contributed by atoms with Gasteiger partial charge in [-0.15, -0.1) is 0 Å². The molecular weight excluding hydrogens is 208 g/mol. The molecule has 0 spiro atoms. The van der Waals surface area contributed by atoms with Gasteiger partial charge in [0.05, 0.1) is 0 Å². The zero-order valence-corrected chi connectivity index (χ0v) is 9.56. The van der Waals surface area contributed by atoms with Crippen molar-refractivity contribution in [1.82, 2.24) is 5.32 Å². The quantitative estimate of drug-likeness (QED) is 0.827. The molecule has 82 valence electrons. The van der Waals surface area contributed by atoms with E-state index in [2.05, 4.69) is 17.4 Å². The van der Waals surface area contributed by atoms with Gasteiger partial charge in [-0.3, -0.25) is 0 Å². The number of hydrogen-bond donors (Lipinski definition) is 2. The summed E-state index contributed by atoms with van der Waals surface area (Å²) in [4.78, 5) is 0. The first kappa shape index (κ1) is 10.9. The van der Waals surface area contributed by atoms with Crippen LogP contribution in [-0.2, 0) is 5.54 Å². The molecule has 1 aliphatic rings. The molecule has 15 heavy (non-hydrogen) atoms. The number of halogens is 1. The molecule has 0 bridgehead atoms. The molecule has 1 heterocycles. The van der Waals surface area contributed by atoms with E-state index in [9.17, 15) is 0 Å². The van der Waals surface area contributed by atoms with Gasteiger partial charge in [0.25, 0.3) is 0 Å². The molecule has 1 atom stereocenters. The largest absolute Gasteiger partial charge is 0.330 e. The van der Waals surface area contributed by atoms with Gasteiger partial charge in [0.1, 0.15) is 0 Å². The molecule has 0 amide bonds. The second-order valence-electron chi connectivity index (χ2n) is 4.16. The second kappa shape index (κ2) is 4.52. The number of benzene rings is 1. The summed E-state index contributed by atoms with van der Waals surface area (Å²) in [5.41, 5.74) is 7.04. The first-order valence-corrected chi connectivity index (χ1v) is 5.86. The van der Waals surface area contributed by atoms with Crippen LogP contribution in [0.3, 0.4) is 0 Å². The molecule has 3 heteroatoms. The molecular formula is C12H17ClN2. The van der Waals surface area contributed by atoms with Crippen LogP contribution in [0.5, 0.6) is 0 Å². The Morgan fingerprint density at radius 2 is 2.33 bits per heavy atom. The van der Waals surface area contributed by atoms with Crippen LogP contribution in [0.4, 0.5) is 0 Å². The fourth-order valence-corrected chi connectivity index (χ4v) is 2.63.